The number of rotatable bonds is 5. The van der Waals surface area contributed by atoms with E-state index < -0.39 is 6.10 Å². The highest BCUT2D eigenvalue weighted by atomic mass is 32.2. The minimum Gasteiger partial charge on any atom is -0.465 e. The fourth-order valence-electron chi connectivity index (χ4n) is 2.66. The van der Waals surface area contributed by atoms with Crippen LogP contribution in [0.25, 0.3) is 10.8 Å². The number of carbonyl (C=O) groups is 1. The van der Waals surface area contributed by atoms with E-state index in [4.69, 9.17) is 4.74 Å². The predicted molar refractivity (Wildman–Crippen MR) is 102 cm³/mol. The summed E-state index contributed by atoms with van der Waals surface area (Å²) >= 11 is 1.68. The Morgan fingerprint density at radius 3 is 2.64 bits per heavy atom. The maximum Gasteiger partial charge on any atom is 0.337 e. The zero-order valence-electron chi connectivity index (χ0n) is 14.2. The van der Waals surface area contributed by atoms with Crippen LogP contribution in [0.3, 0.4) is 0 Å². The van der Waals surface area contributed by atoms with E-state index in [-0.39, 0.29) is 5.97 Å². The second-order valence-corrected chi connectivity index (χ2v) is 6.97. The largest absolute Gasteiger partial charge is 0.465 e. The molecule has 0 heterocycles. The van der Waals surface area contributed by atoms with Crippen LogP contribution in [0, 0.1) is 0 Å². The number of aliphatic hydroxyl groups is 1. The third kappa shape index (κ3) is 4.21. The second kappa shape index (κ2) is 7.72. The molecule has 3 aromatic rings. The van der Waals surface area contributed by atoms with E-state index in [0.29, 0.717) is 5.56 Å². The van der Waals surface area contributed by atoms with Crippen molar-refractivity contribution in [2.24, 2.45) is 0 Å². The first-order valence-corrected chi connectivity index (χ1v) is 9.07. The Hall–Kier alpha value is -2.30. The molecule has 0 aliphatic heterocycles. The van der Waals surface area contributed by atoms with Gasteiger partial charge < -0.3 is 9.84 Å². The van der Waals surface area contributed by atoms with Gasteiger partial charge in [-0.05, 0) is 53.1 Å². The monoisotopic (exact) mass is 352 g/mol. The average Bonchev–Trinajstić information content (AvgIpc) is 2.65. The Labute approximate surface area is 151 Å². The quantitative estimate of drug-likeness (QED) is 0.520. The summed E-state index contributed by atoms with van der Waals surface area (Å²) in [6.07, 6.45) is -0.469. The molecule has 0 aliphatic rings. The van der Waals surface area contributed by atoms with Gasteiger partial charge in [-0.15, -0.1) is 11.8 Å². The number of carbonyl (C=O) groups excluding carboxylic acids is 1. The van der Waals surface area contributed by atoms with E-state index in [2.05, 4.69) is 18.2 Å². The highest BCUT2D eigenvalue weighted by Crippen LogP contribution is 2.27. The molecule has 3 rings (SSSR count). The molecule has 0 saturated heterocycles. The van der Waals surface area contributed by atoms with Crippen LogP contribution in [0.5, 0.6) is 0 Å². The van der Waals surface area contributed by atoms with Crippen molar-refractivity contribution in [3.05, 3.63) is 77.4 Å². The first-order valence-electron chi connectivity index (χ1n) is 8.08. The van der Waals surface area contributed by atoms with Crippen LogP contribution >= 0.6 is 11.8 Å². The molecule has 0 fully saturated rings. The van der Waals surface area contributed by atoms with E-state index >= 15 is 0 Å². The number of thioether (sulfide) groups is 1. The standard InChI is InChI=1S/C21H20O3S/c1-14(22)17-9-8-16-7-6-15(10-19(16)11-17)13-25-20-5-3-4-18(12-20)21(23)24-2/h3-12,14,22H,13H2,1-2H3. The Balaban J connectivity index is 1.78. The third-order valence-electron chi connectivity index (χ3n) is 4.07. The number of esters is 1. The molecule has 128 valence electrons. The van der Waals surface area contributed by atoms with Crippen molar-refractivity contribution in [2.75, 3.05) is 7.11 Å². The van der Waals surface area contributed by atoms with Crippen LogP contribution < -0.4 is 0 Å². The highest BCUT2D eigenvalue weighted by Gasteiger charge is 2.07. The van der Waals surface area contributed by atoms with Crippen molar-refractivity contribution in [1.29, 1.82) is 0 Å². The van der Waals surface area contributed by atoms with Crippen molar-refractivity contribution in [1.82, 2.24) is 0 Å². The van der Waals surface area contributed by atoms with Gasteiger partial charge in [0.2, 0.25) is 0 Å². The lowest BCUT2D eigenvalue weighted by Crippen LogP contribution is -2.00. The average molecular weight is 352 g/mol. The molecule has 0 radical (unpaired) electrons. The van der Waals surface area contributed by atoms with Crippen LogP contribution in [-0.4, -0.2) is 18.2 Å². The second-order valence-electron chi connectivity index (χ2n) is 5.93. The molecule has 3 aromatic carbocycles. The van der Waals surface area contributed by atoms with Crippen LogP contribution in [0.15, 0.2) is 65.6 Å². The Kier molecular flexibility index (Phi) is 5.41. The number of methoxy groups -OCH3 is 1. The maximum absolute atomic E-state index is 11.6. The number of hydrogen-bond acceptors (Lipinski definition) is 4. The first-order chi connectivity index (χ1) is 12.1. The lowest BCUT2D eigenvalue weighted by Gasteiger charge is -2.08. The normalized spacial score (nSPS) is 12.1. The summed E-state index contributed by atoms with van der Waals surface area (Å²) in [6, 6.07) is 19.8. The fourth-order valence-corrected chi connectivity index (χ4v) is 3.56. The van der Waals surface area contributed by atoms with Crippen LogP contribution in [0.4, 0.5) is 0 Å². The minimum atomic E-state index is -0.469. The Bertz CT molecular complexity index is 903. The van der Waals surface area contributed by atoms with Crippen molar-refractivity contribution >= 4 is 28.5 Å². The van der Waals surface area contributed by atoms with E-state index in [0.717, 1.165) is 27.0 Å². The summed E-state index contributed by atoms with van der Waals surface area (Å²) in [4.78, 5) is 12.6. The molecule has 1 unspecified atom stereocenters. The molecule has 0 aromatic heterocycles. The molecular formula is C21H20O3S. The summed E-state index contributed by atoms with van der Waals surface area (Å²) in [5.41, 5.74) is 2.68. The van der Waals surface area contributed by atoms with Crippen molar-refractivity contribution < 1.29 is 14.6 Å². The summed E-state index contributed by atoms with van der Waals surface area (Å²) in [5, 5.41) is 12.0. The van der Waals surface area contributed by atoms with Gasteiger partial charge in [-0.2, -0.15) is 0 Å². The van der Waals surface area contributed by atoms with Crippen molar-refractivity contribution in [3.8, 4) is 0 Å². The molecule has 0 saturated carbocycles. The Morgan fingerprint density at radius 2 is 1.88 bits per heavy atom. The van der Waals surface area contributed by atoms with Crippen molar-refractivity contribution in [2.45, 2.75) is 23.7 Å². The van der Waals surface area contributed by atoms with Gasteiger partial charge in [0.05, 0.1) is 18.8 Å². The summed E-state index contributed by atoms with van der Waals surface area (Å²) in [5.74, 6) is 0.484. The van der Waals surface area contributed by atoms with Crippen LogP contribution in [0.2, 0.25) is 0 Å². The van der Waals surface area contributed by atoms with Gasteiger partial charge in [0.15, 0.2) is 0 Å². The molecule has 4 heteroatoms. The maximum atomic E-state index is 11.6. The molecular weight excluding hydrogens is 332 g/mol. The van der Waals surface area contributed by atoms with Crippen LogP contribution in [-0.2, 0) is 10.5 Å². The van der Waals surface area contributed by atoms with Gasteiger partial charge in [0, 0.05) is 10.6 Å². The summed E-state index contributed by atoms with van der Waals surface area (Å²) < 4.78 is 4.76. The van der Waals surface area contributed by atoms with Gasteiger partial charge in [-0.3, -0.25) is 0 Å². The SMILES string of the molecule is COC(=O)c1cccc(SCc2ccc3ccc(C(C)O)cc3c2)c1. The first kappa shape index (κ1) is 17.5. The predicted octanol–water partition coefficient (Wildman–Crippen LogP) is 4.97. The smallest absolute Gasteiger partial charge is 0.337 e. The van der Waals surface area contributed by atoms with Crippen LogP contribution in [0.1, 0.15) is 34.5 Å². The van der Waals surface area contributed by atoms with Gasteiger partial charge >= 0.3 is 5.97 Å². The molecule has 0 amide bonds. The van der Waals surface area contributed by atoms with E-state index in [1.807, 2.05) is 36.4 Å². The van der Waals surface area contributed by atoms with Crippen molar-refractivity contribution in [3.63, 3.8) is 0 Å². The van der Waals surface area contributed by atoms with Gasteiger partial charge in [-0.1, -0.05) is 36.4 Å². The number of fused-ring (bicyclic) bond motifs is 1. The lowest BCUT2D eigenvalue weighted by molar-refractivity contribution is 0.0600. The third-order valence-corrected chi connectivity index (χ3v) is 5.14. The Morgan fingerprint density at radius 1 is 1.08 bits per heavy atom. The molecule has 0 spiro atoms. The van der Waals surface area contributed by atoms with E-state index in [1.54, 1.807) is 24.8 Å². The molecule has 3 nitrogen and oxygen atoms in total. The van der Waals surface area contributed by atoms with Gasteiger partial charge in [-0.25, -0.2) is 4.79 Å². The van der Waals surface area contributed by atoms with Gasteiger partial charge in [0.25, 0.3) is 0 Å². The fraction of sp³-hybridized carbons (Fsp3) is 0.190. The topological polar surface area (TPSA) is 46.5 Å². The number of hydrogen-bond donors (Lipinski definition) is 1. The lowest BCUT2D eigenvalue weighted by atomic mass is 10.0. The van der Waals surface area contributed by atoms with E-state index in [9.17, 15) is 9.90 Å². The van der Waals surface area contributed by atoms with E-state index in [1.165, 1.54) is 12.7 Å². The summed E-state index contributed by atoms with van der Waals surface area (Å²) in [7, 11) is 1.39. The van der Waals surface area contributed by atoms with Gasteiger partial charge in [0.1, 0.15) is 0 Å². The number of aliphatic hydroxyl groups excluding tert-OH is 1. The zero-order chi connectivity index (χ0) is 17.8. The molecule has 1 N–H and O–H groups in total. The zero-order valence-corrected chi connectivity index (χ0v) is 15.0. The minimum absolute atomic E-state index is 0.321. The molecule has 25 heavy (non-hydrogen) atoms. The molecule has 0 bridgehead atoms. The summed E-state index contributed by atoms with van der Waals surface area (Å²) in [6.45, 7) is 1.77. The number of benzene rings is 3. The highest BCUT2D eigenvalue weighted by molar-refractivity contribution is 7.98. The molecule has 0 aliphatic carbocycles. The number of ether oxygens (including phenoxy) is 1. The molecule has 1 atom stereocenters.